The Bertz CT molecular complexity index is 748. The van der Waals surface area contributed by atoms with Crippen LogP contribution in [-0.2, 0) is 11.2 Å². The monoisotopic (exact) mass is 309 g/mol. The number of carbonyl (C=O) groups is 1. The van der Waals surface area contributed by atoms with Gasteiger partial charge in [-0.15, -0.1) is 0 Å². The van der Waals surface area contributed by atoms with E-state index in [1.165, 1.54) is 0 Å². The molecule has 2 aromatic heterocycles. The van der Waals surface area contributed by atoms with E-state index in [1.807, 2.05) is 55.6 Å². The summed E-state index contributed by atoms with van der Waals surface area (Å²) in [6.07, 6.45) is 6.28. The molecule has 5 heteroatoms. The molecule has 2 heterocycles. The molecule has 3 rings (SSSR count). The minimum atomic E-state index is -0.0605. The average Bonchev–Trinajstić information content (AvgIpc) is 3.26. The molecule has 0 aliphatic heterocycles. The molecule has 0 fully saturated rings. The van der Waals surface area contributed by atoms with E-state index in [0.717, 1.165) is 17.0 Å². The van der Waals surface area contributed by atoms with Gasteiger partial charge in [-0.1, -0.05) is 12.1 Å². The van der Waals surface area contributed by atoms with Crippen molar-refractivity contribution in [1.82, 2.24) is 15.1 Å². The third kappa shape index (κ3) is 3.88. The van der Waals surface area contributed by atoms with Crippen LogP contribution in [0.4, 0.5) is 0 Å². The lowest BCUT2D eigenvalue weighted by Crippen LogP contribution is -2.26. The number of rotatable bonds is 6. The summed E-state index contributed by atoms with van der Waals surface area (Å²) in [6, 6.07) is 13.5. The minimum Gasteiger partial charge on any atom is -0.469 e. The molecule has 23 heavy (non-hydrogen) atoms. The van der Waals surface area contributed by atoms with E-state index in [-0.39, 0.29) is 11.9 Å². The van der Waals surface area contributed by atoms with Crippen LogP contribution in [0.15, 0.2) is 65.5 Å². The second-order valence-electron chi connectivity index (χ2n) is 5.41. The third-order valence-corrected chi connectivity index (χ3v) is 3.70. The van der Waals surface area contributed by atoms with Crippen LogP contribution in [0.2, 0.25) is 0 Å². The first-order valence-corrected chi connectivity index (χ1v) is 7.64. The van der Waals surface area contributed by atoms with Crippen molar-refractivity contribution in [2.45, 2.75) is 25.8 Å². The lowest BCUT2D eigenvalue weighted by molar-refractivity contribution is -0.121. The van der Waals surface area contributed by atoms with Gasteiger partial charge in [-0.3, -0.25) is 4.79 Å². The number of aromatic nitrogens is 2. The normalized spacial score (nSPS) is 12.0. The molecule has 0 bridgehead atoms. The molecule has 0 spiro atoms. The fourth-order valence-corrected chi connectivity index (χ4v) is 2.45. The van der Waals surface area contributed by atoms with E-state index in [2.05, 4.69) is 10.4 Å². The van der Waals surface area contributed by atoms with Crippen LogP contribution in [-0.4, -0.2) is 15.7 Å². The predicted molar refractivity (Wildman–Crippen MR) is 87.2 cm³/mol. The second-order valence-corrected chi connectivity index (χ2v) is 5.41. The first kappa shape index (κ1) is 15.1. The summed E-state index contributed by atoms with van der Waals surface area (Å²) in [5.41, 5.74) is 2.02. The highest BCUT2D eigenvalue weighted by Crippen LogP contribution is 2.17. The fourth-order valence-electron chi connectivity index (χ4n) is 2.45. The molecule has 0 aliphatic rings. The molecule has 1 aromatic carbocycles. The molecule has 0 radical (unpaired) electrons. The summed E-state index contributed by atoms with van der Waals surface area (Å²) in [5, 5.41) is 7.25. The topological polar surface area (TPSA) is 60.1 Å². The van der Waals surface area contributed by atoms with Crippen molar-refractivity contribution in [3.05, 3.63) is 72.4 Å². The van der Waals surface area contributed by atoms with Gasteiger partial charge < -0.3 is 9.73 Å². The summed E-state index contributed by atoms with van der Waals surface area (Å²) in [7, 11) is 0. The van der Waals surface area contributed by atoms with Crippen molar-refractivity contribution < 1.29 is 9.21 Å². The van der Waals surface area contributed by atoms with Crippen molar-refractivity contribution in [2.24, 2.45) is 0 Å². The van der Waals surface area contributed by atoms with E-state index < -0.39 is 0 Å². The number of hydrogen-bond acceptors (Lipinski definition) is 3. The first-order chi connectivity index (χ1) is 11.2. The first-order valence-electron chi connectivity index (χ1n) is 7.64. The Morgan fingerprint density at radius 1 is 1.30 bits per heavy atom. The molecule has 5 nitrogen and oxygen atoms in total. The van der Waals surface area contributed by atoms with Crippen LogP contribution in [0.5, 0.6) is 0 Å². The van der Waals surface area contributed by atoms with E-state index in [4.69, 9.17) is 4.42 Å². The minimum absolute atomic E-state index is 0.0124. The van der Waals surface area contributed by atoms with Gasteiger partial charge in [-0.25, -0.2) is 4.68 Å². The van der Waals surface area contributed by atoms with Gasteiger partial charge in [0.1, 0.15) is 5.76 Å². The number of aryl methyl sites for hydroxylation is 1. The van der Waals surface area contributed by atoms with Gasteiger partial charge in [0.05, 0.1) is 18.0 Å². The maximum Gasteiger partial charge on any atom is 0.220 e. The second kappa shape index (κ2) is 6.96. The fraction of sp³-hybridized carbons (Fsp3) is 0.222. The van der Waals surface area contributed by atoms with Gasteiger partial charge >= 0.3 is 0 Å². The molecule has 1 unspecified atom stereocenters. The van der Waals surface area contributed by atoms with Crippen molar-refractivity contribution >= 4 is 5.91 Å². The number of benzene rings is 1. The number of hydrogen-bond donors (Lipinski definition) is 1. The van der Waals surface area contributed by atoms with Crippen LogP contribution >= 0.6 is 0 Å². The van der Waals surface area contributed by atoms with Crippen LogP contribution in [0.3, 0.4) is 0 Å². The van der Waals surface area contributed by atoms with Gasteiger partial charge in [0, 0.05) is 25.2 Å². The highest BCUT2D eigenvalue weighted by Gasteiger charge is 2.11. The zero-order valence-electron chi connectivity index (χ0n) is 13.0. The van der Waals surface area contributed by atoms with Crippen molar-refractivity contribution in [3.63, 3.8) is 0 Å². The van der Waals surface area contributed by atoms with Gasteiger partial charge in [-0.2, -0.15) is 5.10 Å². The number of amides is 1. The molecular formula is C18H19N3O2. The van der Waals surface area contributed by atoms with Crippen LogP contribution in [0.25, 0.3) is 5.69 Å². The molecular weight excluding hydrogens is 290 g/mol. The van der Waals surface area contributed by atoms with Gasteiger partial charge in [0.15, 0.2) is 0 Å². The predicted octanol–water partition coefficient (Wildman–Crippen LogP) is 3.28. The van der Waals surface area contributed by atoms with Crippen LogP contribution in [0, 0.1) is 0 Å². The quantitative estimate of drug-likeness (QED) is 0.760. The smallest absolute Gasteiger partial charge is 0.220 e. The zero-order chi connectivity index (χ0) is 16.1. The molecule has 3 aromatic rings. The number of carbonyl (C=O) groups excluding carboxylic acids is 1. The molecule has 0 aliphatic carbocycles. The highest BCUT2D eigenvalue weighted by atomic mass is 16.3. The Morgan fingerprint density at radius 3 is 2.96 bits per heavy atom. The zero-order valence-corrected chi connectivity index (χ0v) is 13.0. The third-order valence-electron chi connectivity index (χ3n) is 3.70. The molecule has 0 saturated heterocycles. The molecule has 1 N–H and O–H groups in total. The summed E-state index contributed by atoms with van der Waals surface area (Å²) in [5.74, 6) is 0.840. The summed E-state index contributed by atoms with van der Waals surface area (Å²) in [6.45, 7) is 1.98. The van der Waals surface area contributed by atoms with Crippen LogP contribution in [0.1, 0.15) is 30.7 Å². The SMILES string of the molecule is CC(NC(=O)CCc1ccco1)c1cccc(-n2cccn2)c1. The van der Waals surface area contributed by atoms with Crippen molar-refractivity contribution in [1.29, 1.82) is 0 Å². The maximum absolute atomic E-state index is 12.1. The van der Waals surface area contributed by atoms with Gasteiger partial charge in [-0.05, 0) is 42.8 Å². The standard InChI is InChI=1S/C18H19N3O2/c1-14(20-18(22)9-8-17-7-3-12-23-17)15-5-2-6-16(13-15)21-11-4-10-19-21/h2-7,10-14H,8-9H2,1H3,(H,20,22). The number of nitrogens with zero attached hydrogens (tertiary/aromatic N) is 2. The largest absolute Gasteiger partial charge is 0.469 e. The van der Waals surface area contributed by atoms with Gasteiger partial charge in [0.25, 0.3) is 0 Å². The summed E-state index contributed by atoms with van der Waals surface area (Å²) >= 11 is 0. The summed E-state index contributed by atoms with van der Waals surface area (Å²) < 4.78 is 7.04. The summed E-state index contributed by atoms with van der Waals surface area (Å²) in [4.78, 5) is 12.1. The molecule has 0 saturated carbocycles. The Labute approximate surface area is 134 Å². The van der Waals surface area contributed by atoms with Crippen molar-refractivity contribution in [2.75, 3.05) is 0 Å². The molecule has 118 valence electrons. The van der Waals surface area contributed by atoms with E-state index in [1.54, 1.807) is 17.1 Å². The van der Waals surface area contributed by atoms with Crippen LogP contribution < -0.4 is 5.32 Å². The lowest BCUT2D eigenvalue weighted by Gasteiger charge is -2.15. The maximum atomic E-state index is 12.1. The average molecular weight is 309 g/mol. The Balaban J connectivity index is 1.60. The van der Waals surface area contributed by atoms with E-state index >= 15 is 0 Å². The van der Waals surface area contributed by atoms with E-state index in [9.17, 15) is 4.79 Å². The Morgan fingerprint density at radius 2 is 2.22 bits per heavy atom. The van der Waals surface area contributed by atoms with Crippen molar-refractivity contribution in [3.8, 4) is 5.69 Å². The van der Waals surface area contributed by atoms with E-state index in [0.29, 0.717) is 12.8 Å². The van der Waals surface area contributed by atoms with Gasteiger partial charge in [0.2, 0.25) is 5.91 Å². The number of furan rings is 1. The number of nitrogens with one attached hydrogen (secondary N) is 1. The molecule has 1 amide bonds. The Hall–Kier alpha value is -2.82. The lowest BCUT2D eigenvalue weighted by atomic mass is 10.1. The molecule has 1 atom stereocenters. The Kier molecular flexibility index (Phi) is 4.57. The highest BCUT2D eigenvalue weighted by molar-refractivity contribution is 5.76.